The van der Waals surface area contributed by atoms with Gasteiger partial charge < -0.3 is 10.2 Å². The molecule has 6 nitrogen and oxygen atoms in total. The third-order valence-corrected chi connectivity index (χ3v) is 6.55. The Morgan fingerprint density at radius 3 is 2.57 bits per heavy atom. The molecule has 0 aromatic heterocycles. The molecule has 0 bridgehead atoms. The number of fused-ring (bicyclic) bond motifs is 1. The fourth-order valence-corrected chi connectivity index (χ4v) is 4.54. The molecule has 7 heteroatoms. The van der Waals surface area contributed by atoms with Crippen LogP contribution in [0.25, 0.3) is 0 Å². The summed E-state index contributed by atoms with van der Waals surface area (Å²) < 4.78 is 25.2. The summed E-state index contributed by atoms with van der Waals surface area (Å²) >= 11 is 0. The Morgan fingerprint density at radius 2 is 1.86 bits per heavy atom. The van der Waals surface area contributed by atoms with Crippen LogP contribution in [0, 0.1) is 0 Å². The fraction of sp³-hybridized carbons (Fsp3) is 0.333. The second-order valence-corrected chi connectivity index (χ2v) is 8.88. The molecule has 0 saturated carbocycles. The van der Waals surface area contributed by atoms with Crippen LogP contribution >= 0.6 is 0 Å². The molecule has 1 heterocycles. The topological polar surface area (TPSA) is 83.6 Å². The SMILES string of the molecule is CCC(=O)N1CCc2cc(S(=O)(=O)CCC(=O)NCc3ccccc3)ccc21. The number of benzene rings is 2. The first-order valence-electron chi connectivity index (χ1n) is 9.37. The number of nitrogens with zero attached hydrogens (tertiary/aromatic N) is 1. The first-order chi connectivity index (χ1) is 13.4. The Bertz CT molecular complexity index is 971. The molecule has 3 rings (SSSR count). The molecule has 1 N–H and O–H groups in total. The first-order valence-corrected chi connectivity index (χ1v) is 11.0. The van der Waals surface area contributed by atoms with Gasteiger partial charge in [0.05, 0.1) is 10.6 Å². The standard InChI is InChI=1S/C21H24N2O4S/c1-2-21(25)23-12-10-17-14-18(8-9-19(17)23)28(26,27)13-11-20(24)22-15-16-6-4-3-5-7-16/h3-9,14H,2,10-13,15H2,1H3,(H,22,24). The van der Waals surface area contributed by atoms with Gasteiger partial charge in [0.2, 0.25) is 11.8 Å². The summed E-state index contributed by atoms with van der Waals surface area (Å²) in [6, 6.07) is 14.3. The van der Waals surface area contributed by atoms with Crippen LogP contribution in [-0.2, 0) is 32.4 Å². The van der Waals surface area contributed by atoms with Gasteiger partial charge in [-0.1, -0.05) is 37.3 Å². The van der Waals surface area contributed by atoms with Gasteiger partial charge in [-0.05, 0) is 35.7 Å². The van der Waals surface area contributed by atoms with Crippen LogP contribution in [0.1, 0.15) is 30.9 Å². The van der Waals surface area contributed by atoms with E-state index < -0.39 is 9.84 Å². The Hall–Kier alpha value is -2.67. The normalized spacial score (nSPS) is 13.2. The lowest BCUT2D eigenvalue weighted by molar-refractivity contribution is -0.121. The van der Waals surface area contributed by atoms with Crippen molar-refractivity contribution in [3.05, 3.63) is 59.7 Å². The zero-order valence-electron chi connectivity index (χ0n) is 15.8. The maximum atomic E-state index is 12.6. The molecule has 2 aromatic rings. The Labute approximate surface area is 165 Å². The highest BCUT2D eigenvalue weighted by Crippen LogP contribution is 2.31. The molecule has 0 radical (unpaired) electrons. The number of rotatable bonds is 7. The van der Waals surface area contributed by atoms with Crippen LogP contribution < -0.4 is 10.2 Å². The molecule has 0 saturated heterocycles. The minimum Gasteiger partial charge on any atom is -0.352 e. The molecular weight excluding hydrogens is 376 g/mol. The van der Waals surface area contributed by atoms with E-state index in [0.29, 0.717) is 25.9 Å². The molecule has 2 aromatic carbocycles. The van der Waals surface area contributed by atoms with Gasteiger partial charge in [0.1, 0.15) is 0 Å². The highest BCUT2D eigenvalue weighted by Gasteiger charge is 2.26. The lowest BCUT2D eigenvalue weighted by atomic mass is 10.2. The van der Waals surface area contributed by atoms with Crippen LogP contribution in [0.2, 0.25) is 0 Å². The van der Waals surface area contributed by atoms with Crippen molar-refractivity contribution in [2.24, 2.45) is 0 Å². The number of amides is 2. The summed E-state index contributed by atoms with van der Waals surface area (Å²) in [5, 5.41) is 2.74. The lowest BCUT2D eigenvalue weighted by Gasteiger charge is -2.16. The van der Waals surface area contributed by atoms with Crippen LogP contribution in [0.5, 0.6) is 0 Å². The number of carbonyl (C=O) groups excluding carboxylic acids is 2. The smallest absolute Gasteiger partial charge is 0.226 e. The molecule has 28 heavy (non-hydrogen) atoms. The van der Waals surface area contributed by atoms with Gasteiger partial charge in [-0.25, -0.2) is 8.42 Å². The largest absolute Gasteiger partial charge is 0.352 e. The number of carbonyl (C=O) groups is 2. The van der Waals surface area contributed by atoms with Gasteiger partial charge in [0.15, 0.2) is 9.84 Å². The molecule has 0 aliphatic carbocycles. The molecule has 0 spiro atoms. The average molecular weight is 401 g/mol. The monoisotopic (exact) mass is 400 g/mol. The molecule has 1 aliphatic rings. The van der Waals surface area contributed by atoms with E-state index in [4.69, 9.17) is 0 Å². The lowest BCUT2D eigenvalue weighted by Crippen LogP contribution is -2.27. The quantitative estimate of drug-likeness (QED) is 0.774. The van der Waals surface area contributed by atoms with Crippen molar-refractivity contribution >= 4 is 27.3 Å². The number of sulfone groups is 1. The van der Waals surface area contributed by atoms with Crippen LogP contribution in [-0.4, -0.2) is 32.5 Å². The predicted molar refractivity (Wildman–Crippen MR) is 108 cm³/mol. The van der Waals surface area contributed by atoms with Crippen molar-refractivity contribution in [3.63, 3.8) is 0 Å². The summed E-state index contributed by atoms with van der Waals surface area (Å²) in [4.78, 5) is 25.9. The minimum absolute atomic E-state index is 0.0319. The van der Waals surface area contributed by atoms with E-state index in [1.165, 1.54) is 6.07 Å². The Kier molecular flexibility index (Phi) is 6.14. The summed E-state index contributed by atoms with van der Waals surface area (Å²) in [6.45, 7) is 2.76. The maximum Gasteiger partial charge on any atom is 0.226 e. The van der Waals surface area contributed by atoms with Gasteiger partial charge >= 0.3 is 0 Å². The van der Waals surface area contributed by atoms with Crippen molar-refractivity contribution in [3.8, 4) is 0 Å². The van der Waals surface area contributed by atoms with E-state index in [0.717, 1.165) is 16.8 Å². The van der Waals surface area contributed by atoms with Crippen molar-refractivity contribution < 1.29 is 18.0 Å². The van der Waals surface area contributed by atoms with Gasteiger partial charge in [-0.3, -0.25) is 9.59 Å². The minimum atomic E-state index is -3.57. The highest BCUT2D eigenvalue weighted by atomic mass is 32.2. The first kappa shape index (κ1) is 20.1. The van der Waals surface area contributed by atoms with E-state index >= 15 is 0 Å². The third-order valence-electron chi connectivity index (χ3n) is 4.84. The maximum absolute atomic E-state index is 12.6. The summed E-state index contributed by atoms with van der Waals surface area (Å²) in [5.74, 6) is -0.512. The average Bonchev–Trinajstić information content (AvgIpc) is 3.14. The van der Waals surface area contributed by atoms with Gasteiger partial charge in [0.25, 0.3) is 0 Å². The number of hydrogen-bond acceptors (Lipinski definition) is 4. The third kappa shape index (κ3) is 4.59. The molecule has 0 unspecified atom stereocenters. The summed E-state index contributed by atoms with van der Waals surface area (Å²) in [6.07, 6.45) is 0.965. The second-order valence-electron chi connectivity index (χ2n) is 6.77. The van der Waals surface area contributed by atoms with E-state index in [9.17, 15) is 18.0 Å². The summed E-state index contributed by atoms with van der Waals surface area (Å²) in [7, 11) is -3.57. The predicted octanol–water partition coefficient (Wildman–Crippen LogP) is 2.47. The van der Waals surface area contributed by atoms with Crippen molar-refractivity contribution in [1.82, 2.24) is 5.32 Å². The molecule has 0 fully saturated rings. The van der Waals surface area contributed by atoms with Gasteiger partial charge in [-0.2, -0.15) is 0 Å². The Morgan fingerprint density at radius 1 is 1.11 bits per heavy atom. The zero-order valence-corrected chi connectivity index (χ0v) is 16.7. The number of hydrogen-bond donors (Lipinski definition) is 1. The van der Waals surface area contributed by atoms with E-state index in [2.05, 4.69) is 5.32 Å². The zero-order chi connectivity index (χ0) is 20.1. The Balaban J connectivity index is 1.60. The molecular formula is C21H24N2O4S. The van der Waals surface area contributed by atoms with E-state index in [-0.39, 0.29) is 28.9 Å². The van der Waals surface area contributed by atoms with Crippen molar-refractivity contribution in [2.75, 3.05) is 17.2 Å². The van der Waals surface area contributed by atoms with Gasteiger partial charge in [0, 0.05) is 31.6 Å². The fourth-order valence-electron chi connectivity index (χ4n) is 3.25. The van der Waals surface area contributed by atoms with Crippen LogP contribution in [0.4, 0.5) is 5.69 Å². The van der Waals surface area contributed by atoms with Crippen molar-refractivity contribution in [2.45, 2.75) is 37.6 Å². The van der Waals surface area contributed by atoms with Crippen LogP contribution in [0.15, 0.2) is 53.4 Å². The molecule has 0 atom stereocenters. The molecule has 1 aliphatic heterocycles. The second kappa shape index (κ2) is 8.56. The number of anilines is 1. The van der Waals surface area contributed by atoms with E-state index in [1.807, 2.05) is 37.3 Å². The van der Waals surface area contributed by atoms with E-state index in [1.54, 1.807) is 17.0 Å². The van der Waals surface area contributed by atoms with Gasteiger partial charge in [-0.15, -0.1) is 0 Å². The molecule has 2 amide bonds. The summed E-state index contributed by atoms with van der Waals surface area (Å²) in [5.41, 5.74) is 2.60. The van der Waals surface area contributed by atoms with Crippen LogP contribution in [0.3, 0.4) is 0 Å². The van der Waals surface area contributed by atoms with Crippen molar-refractivity contribution in [1.29, 1.82) is 0 Å². The molecule has 148 valence electrons. The number of nitrogens with one attached hydrogen (secondary N) is 1. The highest BCUT2D eigenvalue weighted by molar-refractivity contribution is 7.91.